The standard InChI is InChI=1S/C10H16O3/c11-8-9-2-4-10(5-3-9)12-6-1-7-13-10/h8-9H,1-7H2. The second-order valence-electron chi connectivity index (χ2n) is 3.93. The molecule has 0 aromatic rings. The van der Waals surface area contributed by atoms with Gasteiger partial charge in [-0.25, -0.2) is 0 Å². The third-order valence-corrected chi connectivity index (χ3v) is 3.00. The van der Waals surface area contributed by atoms with Gasteiger partial charge >= 0.3 is 0 Å². The highest BCUT2D eigenvalue weighted by atomic mass is 16.7. The molecule has 0 N–H and O–H groups in total. The fourth-order valence-corrected chi connectivity index (χ4v) is 2.12. The molecule has 1 aliphatic carbocycles. The van der Waals surface area contributed by atoms with Crippen LogP contribution in [0.1, 0.15) is 32.1 Å². The summed E-state index contributed by atoms with van der Waals surface area (Å²) in [5.41, 5.74) is 0. The Morgan fingerprint density at radius 3 is 2.31 bits per heavy atom. The average molecular weight is 184 g/mol. The first-order valence-electron chi connectivity index (χ1n) is 5.08. The first-order valence-corrected chi connectivity index (χ1v) is 5.08. The molecule has 1 saturated heterocycles. The number of ether oxygens (including phenoxy) is 2. The maximum absolute atomic E-state index is 10.5. The van der Waals surface area contributed by atoms with Crippen LogP contribution in [0.25, 0.3) is 0 Å². The molecular formula is C10H16O3. The summed E-state index contributed by atoms with van der Waals surface area (Å²) in [5.74, 6) is -0.0858. The second-order valence-corrected chi connectivity index (χ2v) is 3.93. The molecular weight excluding hydrogens is 168 g/mol. The van der Waals surface area contributed by atoms with E-state index in [1.807, 2.05) is 0 Å². The van der Waals surface area contributed by atoms with Gasteiger partial charge in [0.2, 0.25) is 0 Å². The van der Waals surface area contributed by atoms with Crippen molar-refractivity contribution in [3.05, 3.63) is 0 Å². The molecule has 2 rings (SSSR count). The molecule has 0 radical (unpaired) electrons. The van der Waals surface area contributed by atoms with Gasteiger partial charge in [-0.1, -0.05) is 0 Å². The van der Waals surface area contributed by atoms with Crippen LogP contribution in [0.2, 0.25) is 0 Å². The Bertz CT molecular complexity index is 175. The van der Waals surface area contributed by atoms with Crippen LogP contribution in [0.5, 0.6) is 0 Å². The Morgan fingerprint density at radius 1 is 1.15 bits per heavy atom. The lowest BCUT2D eigenvalue weighted by atomic mass is 9.85. The van der Waals surface area contributed by atoms with Gasteiger partial charge in [-0.15, -0.1) is 0 Å². The second kappa shape index (κ2) is 3.76. The molecule has 0 unspecified atom stereocenters. The van der Waals surface area contributed by atoms with E-state index < -0.39 is 0 Å². The molecule has 74 valence electrons. The lowest BCUT2D eigenvalue weighted by Gasteiger charge is -2.41. The molecule has 1 aliphatic heterocycles. The van der Waals surface area contributed by atoms with Crippen molar-refractivity contribution >= 4 is 6.29 Å². The molecule has 0 amide bonds. The zero-order valence-corrected chi connectivity index (χ0v) is 7.83. The monoisotopic (exact) mass is 184 g/mol. The minimum atomic E-state index is -0.322. The predicted octanol–water partition coefficient (Wildman–Crippen LogP) is 1.51. The summed E-state index contributed by atoms with van der Waals surface area (Å²) in [7, 11) is 0. The van der Waals surface area contributed by atoms with Gasteiger partial charge in [0, 0.05) is 18.8 Å². The van der Waals surface area contributed by atoms with E-state index in [9.17, 15) is 4.79 Å². The number of aldehydes is 1. The van der Waals surface area contributed by atoms with Crippen molar-refractivity contribution in [1.82, 2.24) is 0 Å². The molecule has 2 fully saturated rings. The zero-order valence-electron chi connectivity index (χ0n) is 7.83. The first-order chi connectivity index (χ1) is 6.35. The summed E-state index contributed by atoms with van der Waals surface area (Å²) in [6.45, 7) is 1.62. The number of hydrogen-bond acceptors (Lipinski definition) is 3. The molecule has 0 atom stereocenters. The Morgan fingerprint density at radius 2 is 1.77 bits per heavy atom. The third-order valence-electron chi connectivity index (χ3n) is 3.00. The van der Waals surface area contributed by atoms with E-state index in [1.54, 1.807) is 0 Å². The SMILES string of the molecule is O=CC1CCC2(CC1)OCCCO2. The highest BCUT2D eigenvalue weighted by Gasteiger charge is 2.38. The molecule has 1 spiro atoms. The number of carbonyl (C=O) groups is 1. The number of hydrogen-bond donors (Lipinski definition) is 0. The summed E-state index contributed by atoms with van der Waals surface area (Å²) in [6, 6.07) is 0. The average Bonchev–Trinajstić information content (AvgIpc) is 2.20. The summed E-state index contributed by atoms with van der Waals surface area (Å²) >= 11 is 0. The van der Waals surface area contributed by atoms with Crippen LogP contribution in [-0.4, -0.2) is 25.3 Å². The lowest BCUT2D eigenvalue weighted by molar-refractivity contribution is -0.281. The van der Waals surface area contributed by atoms with E-state index in [-0.39, 0.29) is 11.7 Å². The summed E-state index contributed by atoms with van der Waals surface area (Å²) in [6.07, 6.45) is 5.67. The molecule has 0 aromatic heterocycles. The summed E-state index contributed by atoms with van der Waals surface area (Å²) in [5, 5.41) is 0. The van der Waals surface area contributed by atoms with Crippen LogP contribution >= 0.6 is 0 Å². The van der Waals surface area contributed by atoms with Crippen LogP contribution in [-0.2, 0) is 14.3 Å². The molecule has 3 nitrogen and oxygen atoms in total. The van der Waals surface area contributed by atoms with Gasteiger partial charge in [0.05, 0.1) is 13.2 Å². The van der Waals surface area contributed by atoms with Crippen LogP contribution in [0.4, 0.5) is 0 Å². The fraction of sp³-hybridized carbons (Fsp3) is 0.900. The topological polar surface area (TPSA) is 35.5 Å². The summed E-state index contributed by atoms with van der Waals surface area (Å²) < 4.78 is 11.3. The van der Waals surface area contributed by atoms with E-state index in [1.165, 1.54) is 0 Å². The highest BCUT2D eigenvalue weighted by Crippen LogP contribution is 2.36. The normalized spacial score (nSPS) is 28.9. The third kappa shape index (κ3) is 1.92. The zero-order chi connectivity index (χ0) is 9.15. The fourth-order valence-electron chi connectivity index (χ4n) is 2.12. The van der Waals surface area contributed by atoms with Crippen LogP contribution in [0.3, 0.4) is 0 Å². The Kier molecular flexibility index (Phi) is 2.65. The molecule has 3 heteroatoms. The maximum Gasteiger partial charge on any atom is 0.168 e. The van der Waals surface area contributed by atoms with Crippen molar-refractivity contribution in [2.24, 2.45) is 5.92 Å². The smallest absolute Gasteiger partial charge is 0.168 e. The lowest BCUT2D eigenvalue weighted by Crippen LogP contribution is -2.43. The van der Waals surface area contributed by atoms with E-state index >= 15 is 0 Å². The minimum Gasteiger partial charge on any atom is -0.350 e. The molecule has 0 aromatic carbocycles. The van der Waals surface area contributed by atoms with Gasteiger partial charge < -0.3 is 14.3 Å². The minimum absolute atomic E-state index is 0.236. The van der Waals surface area contributed by atoms with Crippen molar-refractivity contribution in [3.63, 3.8) is 0 Å². The molecule has 2 aliphatic rings. The van der Waals surface area contributed by atoms with Gasteiger partial charge in [0.25, 0.3) is 0 Å². The van der Waals surface area contributed by atoms with E-state index in [0.29, 0.717) is 0 Å². The Balaban J connectivity index is 1.91. The quantitative estimate of drug-likeness (QED) is 0.579. The predicted molar refractivity (Wildman–Crippen MR) is 47.3 cm³/mol. The van der Waals surface area contributed by atoms with Gasteiger partial charge in [0.1, 0.15) is 6.29 Å². The van der Waals surface area contributed by atoms with Gasteiger partial charge in [-0.3, -0.25) is 0 Å². The highest BCUT2D eigenvalue weighted by molar-refractivity contribution is 5.53. The van der Waals surface area contributed by atoms with Crippen molar-refractivity contribution in [1.29, 1.82) is 0 Å². The number of rotatable bonds is 1. The van der Waals surface area contributed by atoms with Crippen molar-refractivity contribution < 1.29 is 14.3 Å². The van der Waals surface area contributed by atoms with Crippen molar-refractivity contribution in [3.8, 4) is 0 Å². The number of carbonyl (C=O) groups excluding carboxylic acids is 1. The van der Waals surface area contributed by atoms with Crippen molar-refractivity contribution in [2.45, 2.75) is 37.9 Å². The Labute approximate surface area is 78.4 Å². The van der Waals surface area contributed by atoms with E-state index in [2.05, 4.69) is 0 Å². The molecule has 1 saturated carbocycles. The van der Waals surface area contributed by atoms with Crippen LogP contribution in [0.15, 0.2) is 0 Å². The molecule has 1 heterocycles. The van der Waals surface area contributed by atoms with Crippen molar-refractivity contribution in [2.75, 3.05) is 13.2 Å². The molecule has 0 bridgehead atoms. The van der Waals surface area contributed by atoms with Gasteiger partial charge in [-0.2, -0.15) is 0 Å². The van der Waals surface area contributed by atoms with Gasteiger partial charge in [-0.05, 0) is 19.3 Å². The first kappa shape index (κ1) is 9.16. The van der Waals surface area contributed by atoms with Crippen LogP contribution in [0, 0.1) is 5.92 Å². The largest absolute Gasteiger partial charge is 0.350 e. The van der Waals surface area contributed by atoms with E-state index in [4.69, 9.17) is 9.47 Å². The maximum atomic E-state index is 10.5. The van der Waals surface area contributed by atoms with Gasteiger partial charge in [0.15, 0.2) is 5.79 Å². The molecule has 13 heavy (non-hydrogen) atoms. The Hall–Kier alpha value is -0.410. The van der Waals surface area contributed by atoms with E-state index in [0.717, 1.165) is 51.6 Å². The summed E-state index contributed by atoms with van der Waals surface area (Å²) in [4.78, 5) is 10.5. The van der Waals surface area contributed by atoms with Crippen LogP contribution < -0.4 is 0 Å².